The molecule has 5 atom stereocenters. The van der Waals surface area contributed by atoms with Gasteiger partial charge in [0.15, 0.2) is 23.5 Å². The van der Waals surface area contributed by atoms with Crippen LogP contribution in [0.15, 0.2) is 36.7 Å². The van der Waals surface area contributed by atoms with E-state index in [9.17, 15) is 24.3 Å². The van der Waals surface area contributed by atoms with E-state index in [0.29, 0.717) is 5.56 Å². The smallest absolute Gasteiger partial charge is 0.350 e. The van der Waals surface area contributed by atoms with Crippen molar-refractivity contribution >= 4 is 40.9 Å². The molecule has 274 valence electrons. The Bertz CT molecular complexity index is 1740. The van der Waals surface area contributed by atoms with Crippen LogP contribution in [0, 0.1) is 12.3 Å². The fraction of sp³-hybridized carbons (Fsp3) is 0.500. The Kier molecular flexibility index (Phi) is 12.7. The number of carbonyl (C=O) groups is 4. The predicted molar refractivity (Wildman–Crippen MR) is 176 cm³/mol. The van der Waals surface area contributed by atoms with Crippen molar-refractivity contribution in [1.29, 1.82) is 0 Å². The maximum absolute atomic E-state index is 13.6. The van der Waals surface area contributed by atoms with Crippen LogP contribution >= 0.6 is 0 Å². The molecule has 0 bridgehead atoms. The van der Waals surface area contributed by atoms with E-state index in [0.717, 1.165) is 13.8 Å². The lowest BCUT2D eigenvalue weighted by atomic mass is 9.91. The molecular formula is C34H41N5O12. The molecule has 1 saturated heterocycles. The first-order chi connectivity index (χ1) is 24.4. The Labute approximate surface area is 293 Å². The molecule has 3 heterocycles. The molecule has 0 radical (unpaired) electrons. The third-order valence-corrected chi connectivity index (χ3v) is 7.92. The summed E-state index contributed by atoms with van der Waals surface area (Å²) in [5.41, 5.74) is 2.27. The number of methoxy groups -OCH3 is 1. The maximum Gasteiger partial charge on any atom is 0.350 e. The van der Waals surface area contributed by atoms with Gasteiger partial charge in [0, 0.05) is 40.4 Å². The largest absolute Gasteiger partial charge is 0.463 e. The number of carbonyl (C=O) groups excluding carboxylic acids is 4. The number of aliphatic hydroxyl groups excluding tert-OH is 1. The Morgan fingerprint density at radius 3 is 2.33 bits per heavy atom. The molecule has 3 aromatic rings. The summed E-state index contributed by atoms with van der Waals surface area (Å²) < 4.78 is 40.9. The zero-order valence-corrected chi connectivity index (χ0v) is 28.9. The maximum atomic E-state index is 13.6. The van der Waals surface area contributed by atoms with Crippen molar-refractivity contribution in [2.75, 3.05) is 39.3 Å². The molecule has 0 saturated carbocycles. The summed E-state index contributed by atoms with van der Waals surface area (Å²) in [7, 11) is 1.47. The molecule has 1 unspecified atom stereocenters. The second kappa shape index (κ2) is 16.7. The number of ether oxygens (including phenoxy) is 7. The van der Waals surface area contributed by atoms with Crippen molar-refractivity contribution in [2.45, 2.75) is 76.3 Å². The normalized spacial score (nSPS) is 20.7. The van der Waals surface area contributed by atoms with E-state index in [2.05, 4.69) is 20.9 Å². The second-order valence-corrected chi connectivity index (χ2v) is 11.4. The van der Waals surface area contributed by atoms with E-state index in [1.54, 1.807) is 44.2 Å². The zero-order chi connectivity index (χ0) is 37.3. The van der Waals surface area contributed by atoms with Crippen LogP contribution in [0.4, 0.5) is 5.82 Å². The van der Waals surface area contributed by atoms with Crippen LogP contribution in [-0.2, 0) is 58.8 Å². The molecule has 0 aliphatic carbocycles. The lowest BCUT2D eigenvalue weighted by Gasteiger charge is -2.34. The van der Waals surface area contributed by atoms with Gasteiger partial charge in [-0.15, -0.1) is 6.42 Å². The van der Waals surface area contributed by atoms with E-state index in [-0.39, 0.29) is 55.5 Å². The number of fused-ring (bicyclic) bond motifs is 1. The van der Waals surface area contributed by atoms with Crippen LogP contribution in [0.25, 0.3) is 11.2 Å². The van der Waals surface area contributed by atoms with Crippen LogP contribution in [0.1, 0.15) is 57.8 Å². The Morgan fingerprint density at radius 1 is 1.10 bits per heavy atom. The molecule has 1 fully saturated rings. The number of imidazole rings is 1. The molecule has 1 aliphatic heterocycles. The third-order valence-electron chi connectivity index (χ3n) is 7.92. The second-order valence-electron chi connectivity index (χ2n) is 11.4. The number of nitrogen functional groups attached to an aromatic ring is 1. The Hall–Kier alpha value is -5.15. The number of hydrogen-bond donors (Lipinski definition) is 2. The van der Waals surface area contributed by atoms with Crippen LogP contribution < -0.4 is 5.73 Å². The van der Waals surface area contributed by atoms with Crippen molar-refractivity contribution in [2.24, 2.45) is 0 Å². The molecule has 17 heteroatoms. The highest BCUT2D eigenvalue weighted by Crippen LogP contribution is 2.44. The van der Waals surface area contributed by atoms with Gasteiger partial charge in [0.25, 0.3) is 5.60 Å². The first kappa shape index (κ1) is 38.6. The van der Waals surface area contributed by atoms with Crippen LogP contribution in [0.2, 0.25) is 0 Å². The molecule has 1 aromatic carbocycles. The molecule has 51 heavy (non-hydrogen) atoms. The first-order valence-corrected chi connectivity index (χ1v) is 16.1. The number of hydrogen-bond acceptors (Lipinski definition) is 16. The summed E-state index contributed by atoms with van der Waals surface area (Å²) in [4.78, 5) is 65.4. The molecular weight excluding hydrogens is 670 g/mol. The SMILES string of the molecule is C#C[C@@]1(OC(C)=O)[C@@H](COC(Cc2ccccc2)(C(=O)OCC)C(=O)OCC)O[C@@H](n2cnc3c(N)nc(C(O)CCOC)nc32)[C@@H]1OC(C)=O. The molecule has 0 amide bonds. The highest BCUT2D eigenvalue weighted by atomic mass is 16.7. The van der Waals surface area contributed by atoms with Crippen molar-refractivity contribution in [3.63, 3.8) is 0 Å². The van der Waals surface area contributed by atoms with Gasteiger partial charge in [-0.05, 0) is 19.4 Å². The number of aromatic nitrogens is 4. The summed E-state index contributed by atoms with van der Waals surface area (Å²) in [6, 6.07) is 8.53. The van der Waals surface area contributed by atoms with Crippen LogP contribution in [0.5, 0.6) is 0 Å². The predicted octanol–water partition coefficient (Wildman–Crippen LogP) is 1.37. The number of nitrogens with zero attached hydrogens (tertiary/aromatic N) is 4. The monoisotopic (exact) mass is 711 g/mol. The van der Waals surface area contributed by atoms with Crippen LogP contribution in [0.3, 0.4) is 0 Å². The number of rotatable bonds is 16. The molecule has 2 aromatic heterocycles. The van der Waals surface area contributed by atoms with E-state index in [1.807, 2.05) is 0 Å². The number of esters is 4. The van der Waals surface area contributed by atoms with Gasteiger partial charge in [0.1, 0.15) is 17.7 Å². The Morgan fingerprint density at radius 2 is 1.76 bits per heavy atom. The van der Waals surface area contributed by atoms with Gasteiger partial charge in [-0.25, -0.2) is 24.5 Å². The average molecular weight is 712 g/mol. The third kappa shape index (κ3) is 8.10. The van der Waals surface area contributed by atoms with E-state index in [1.165, 1.54) is 18.0 Å². The summed E-state index contributed by atoms with van der Waals surface area (Å²) in [6.07, 6.45) is 1.46. The lowest BCUT2D eigenvalue weighted by Crippen LogP contribution is -2.57. The van der Waals surface area contributed by atoms with Crippen molar-refractivity contribution in [3.8, 4) is 12.3 Å². The van der Waals surface area contributed by atoms with Gasteiger partial charge < -0.3 is 44.0 Å². The minimum absolute atomic E-state index is 0.0444. The number of aliphatic hydroxyl groups is 1. The van der Waals surface area contributed by atoms with Gasteiger partial charge in [0.05, 0.1) is 26.1 Å². The van der Waals surface area contributed by atoms with Gasteiger partial charge in [-0.3, -0.25) is 14.2 Å². The van der Waals surface area contributed by atoms with Crippen LogP contribution in [-0.4, -0.2) is 105 Å². The average Bonchev–Trinajstić information content (AvgIpc) is 3.64. The van der Waals surface area contributed by atoms with Crippen molar-refractivity contribution in [1.82, 2.24) is 19.5 Å². The zero-order valence-electron chi connectivity index (χ0n) is 28.9. The van der Waals surface area contributed by atoms with E-state index < -0.39 is 66.2 Å². The van der Waals surface area contributed by atoms with Gasteiger partial charge in [-0.2, -0.15) is 0 Å². The molecule has 4 rings (SSSR count). The number of terminal acetylenes is 1. The fourth-order valence-electron chi connectivity index (χ4n) is 5.64. The first-order valence-electron chi connectivity index (χ1n) is 16.1. The molecule has 3 N–H and O–H groups in total. The summed E-state index contributed by atoms with van der Waals surface area (Å²) in [5.74, 6) is -1.53. The van der Waals surface area contributed by atoms with Crippen molar-refractivity contribution in [3.05, 3.63) is 48.0 Å². The summed E-state index contributed by atoms with van der Waals surface area (Å²) in [5, 5.41) is 10.7. The van der Waals surface area contributed by atoms with Gasteiger partial charge >= 0.3 is 23.9 Å². The quantitative estimate of drug-likeness (QED) is 0.0926. The molecule has 17 nitrogen and oxygen atoms in total. The number of anilines is 1. The topological polar surface area (TPSA) is 223 Å². The van der Waals surface area contributed by atoms with Crippen molar-refractivity contribution < 1.29 is 57.4 Å². The minimum atomic E-state index is -2.38. The standard InChI is InChI=1S/C34H41N5O12/c1-7-33(51-21(5)41)24(18-48-34(31(43)46-8-2,32(44)47-9-3)17-22-13-11-10-12-14-22)50-30(26(33)49-20(4)40)39-19-36-25-27(35)37-28(38-29(25)39)23(42)15-16-45-6/h1,10-14,19,23-24,26,30,42H,8-9,15-18H2,2-6H3,(H2,35,37,38)/t23?,24-,26+,30-,33-/m1/s1. The molecule has 0 spiro atoms. The number of benzene rings is 1. The number of nitrogens with two attached hydrogens (primary N) is 1. The molecule has 1 aliphatic rings. The minimum Gasteiger partial charge on any atom is -0.463 e. The fourth-order valence-corrected chi connectivity index (χ4v) is 5.64. The summed E-state index contributed by atoms with van der Waals surface area (Å²) >= 11 is 0. The van der Waals surface area contributed by atoms with E-state index >= 15 is 0 Å². The summed E-state index contributed by atoms with van der Waals surface area (Å²) in [6.45, 7) is 4.61. The highest BCUT2D eigenvalue weighted by molar-refractivity contribution is 6.04. The Balaban J connectivity index is 1.86. The van der Waals surface area contributed by atoms with E-state index in [4.69, 9.17) is 45.3 Å². The van der Waals surface area contributed by atoms with Gasteiger partial charge in [-0.1, -0.05) is 36.3 Å². The van der Waals surface area contributed by atoms with Gasteiger partial charge in [0.2, 0.25) is 11.7 Å². The highest BCUT2D eigenvalue weighted by Gasteiger charge is 2.63. The lowest BCUT2D eigenvalue weighted by molar-refractivity contribution is -0.200.